The summed E-state index contributed by atoms with van der Waals surface area (Å²) in [5.41, 5.74) is 3.22. The molecule has 0 unspecified atom stereocenters. The van der Waals surface area contributed by atoms with E-state index in [1.54, 1.807) is 32.2 Å². The smallest absolute Gasteiger partial charge is 0.336 e. The van der Waals surface area contributed by atoms with Crippen LogP contribution in [0.15, 0.2) is 91.0 Å². The van der Waals surface area contributed by atoms with E-state index < -0.39 is 11.9 Å². The van der Waals surface area contributed by atoms with Crippen LogP contribution in [0.5, 0.6) is 17.2 Å². The molecule has 3 aromatic rings. The van der Waals surface area contributed by atoms with Gasteiger partial charge in [0.15, 0.2) is 0 Å². The predicted octanol–water partition coefficient (Wildman–Crippen LogP) is 5.51. The Bertz CT molecular complexity index is 1250. The van der Waals surface area contributed by atoms with E-state index in [0.29, 0.717) is 44.4 Å². The first kappa shape index (κ1) is 30.1. The number of methoxy groups -OCH3 is 1. The van der Waals surface area contributed by atoms with Crippen LogP contribution in [0.3, 0.4) is 0 Å². The van der Waals surface area contributed by atoms with E-state index >= 15 is 0 Å². The minimum atomic E-state index is -0.455. The zero-order valence-electron chi connectivity index (χ0n) is 22.8. The van der Waals surface area contributed by atoms with Crippen molar-refractivity contribution in [3.05, 3.63) is 96.6 Å². The Hall–Kier alpha value is -4.40. The van der Waals surface area contributed by atoms with Crippen molar-refractivity contribution < 1.29 is 38.0 Å². The highest BCUT2D eigenvalue weighted by Gasteiger charge is 2.04. The fourth-order valence-corrected chi connectivity index (χ4v) is 3.35. The molecule has 3 rings (SSSR count). The maximum atomic E-state index is 12.2. The molecule has 0 atom stereocenters. The van der Waals surface area contributed by atoms with Crippen molar-refractivity contribution in [2.24, 2.45) is 0 Å². The molecule has 0 amide bonds. The van der Waals surface area contributed by atoms with E-state index in [9.17, 15) is 9.59 Å². The monoisotopic (exact) mass is 546 g/mol. The molecule has 0 aliphatic heterocycles. The Morgan fingerprint density at radius 2 is 1.23 bits per heavy atom. The third-order valence-corrected chi connectivity index (χ3v) is 5.47. The van der Waals surface area contributed by atoms with E-state index in [1.807, 2.05) is 60.7 Å². The highest BCUT2D eigenvalue weighted by Crippen LogP contribution is 2.25. The van der Waals surface area contributed by atoms with Crippen molar-refractivity contribution in [3.63, 3.8) is 0 Å². The van der Waals surface area contributed by atoms with Gasteiger partial charge in [0.25, 0.3) is 0 Å². The number of benzene rings is 3. The summed E-state index contributed by atoms with van der Waals surface area (Å²) in [7, 11) is 1.61. The standard InChI is InChI=1S/C32H34O8/c1-24(2)32(34)39-23-21-37-19-18-36-20-22-38-29-13-7-26(8-14-29)27-9-15-30(16-10-27)40-31(33)17-6-25-4-11-28(35-3)12-5-25/h4-17H,1,18-23H2,2-3H3/b17-6+. The minimum Gasteiger partial charge on any atom is -0.497 e. The molecular formula is C32H34O8. The molecule has 0 saturated carbocycles. The second kappa shape index (κ2) is 16.5. The lowest BCUT2D eigenvalue weighted by Gasteiger charge is -2.09. The molecule has 0 aromatic heterocycles. The second-order valence-corrected chi connectivity index (χ2v) is 8.57. The summed E-state index contributed by atoms with van der Waals surface area (Å²) in [6.45, 7) is 7.25. The Morgan fingerprint density at radius 1 is 0.700 bits per heavy atom. The zero-order chi connectivity index (χ0) is 28.6. The van der Waals surface area contributed by atoms with Crippen molar-refractivity contribution in [2.75, 3.05) is 46.8 Å². The SMILES string of the molecule is C=C(C)C(=O)OCCOCCOCCOc1ccc(-c2ccc(OC(=O)/C=C/c3ccc(OC)cc3)cc2)cc1. The van der Waals surface area contributed by atoms with Crippen LogP contribution in [-0.2, 0) is 23.8 Å². The maximum Gasteiger partial charge on any atom is 0.336 e. The molecule has 0 aliphatic rings. The van der Waals surface area contributed by atoms with Crippen LogP contribution >= 0.6 is 0 Å². The first-order valence-electron chi connectivity index (χ1n) is 12.8. The molecule has 8 heteroatoms. The van der Waals surface area contributed by atoms with Gasteiger partial charge < -0.3 is 28.4 Å². The first-order chi connectivity index (χ1) is 19.4. The van der Waals surface area contributed by atoms with Crippen LogP contribution in [0.25, 0.3) is 17.2 Å². The van der Waals surface area contributed by atoms with Crippen molar-refractivity contribution in [1.29, 1.82) is 0 Å². The molecule has 40 heavy (non-hydrogen) atoms. The zero-order valence-corrected chi connectivity index (χ0v) is 22.8. The lowest BCUT2D eigenvalue weighted by Crippen LogP contribution is -2.14. The highest BCUT2D eigenvalue weighted by atomic mass is 16.6. The molecule has 210 valence electrons. The van der Waals surface area contributed by atoms with Crippen molar-refractivity contribution in [2.45, 2.75) is 6.92 Å². The molecule has 0 heterocycles. The number of ether oxygens (including phenoxy) is 6. The predicted molar refractivity (Wildman–Crippen MR) is 152 cm³/mol. The molecule has 0 bridgehead atoms. The van der Waals surface area contributed by atoms with Gasteiger partial charge in [0.1, 0.15) is 30.5 Å². The Balaban J connectivity index is 1.32. The van der Waals surface area contributed by atoms with Gasteiger partial charge in [-0.25, -0.2) is 9.59 Å². The number of hydrogen-bond donors (Lipinski definition) is 0. The largest absolute Gasteiger partial charge is 0.497 e. The Kier molecular flexibility index (Phi) is 12.5. The van der Waals surface area contributed by atoms with Crippen LogP contribution < -0.4 is 14.2 Å². The van der Waals surface area contributed by atoms with Crippen LogP contribution in [0.2, 0.25) is 0 Å². The summed E-state index contributed by atoms with van der Waals surface area (Å²) >= 11 is 0. The van der Waals surface area contributed by atoms with Gasteiger partial charge >= 0.3 is 11.9 Å². The molecule has 0 aliphatic carbocycles. The molecule has 0 N–H and O–H groups in total. The van der Waals surface area contributed by atoms with Crippen LogP contribution in [0.1, 0.15) is 12.5 Å². The van der Waals surface area contributed by atoms with Crippen molar-refractivity contribution in [1.82, 2.24) is 0 Å². The minimum absolute atomic E-state index is 0.187. The molecule has 8 nitrogen and oxygen atoms in total. The topological polar surface area (TPSA) is 89.5 Å². The molecule has 0 fully saturated rings. The first-order valence-corrected chi connectivity index (χ1v) is 12.8. The summed E-state index contributed by atoms with van der Waals surface area (Å²) < 4.78 is 32.0. The lowest BCUT2D eigenvalue weighted by atomic mass is 10.1. The molecular weight excluding hydrogens is 512 g/mol. The van der Waals surface area contributed by atoms with E-state index in [1.165, 1.54) is 6.08 Å². The number of carbonyl (C=O) groups is 2. The summed E-state index contributed by atoms with van der Waals surface area (Å²) in [6, 6.07) is 22.4. The van der Waals surface area contributed by atoms with Crippen LogP contribution in [-0.4, -0.2) is 58.7 Å². The summed E-state index contributed by atoms with van der Waals surface area (Å²) in [4.78, 5) is 23.4. The van der Waals surface area contributed by atoms with E-state index in [2.05, 4.69) is 6.58 Å². The summed E-state index contributed by atoms with van der Waals surface area (Å²) in [5, 5.41) is 0. The van der Waals surface area contributed by atoms with Crippen LogP contribution in [0.4, 0.5) is 0 Å². The number of carbonyl (C=O) groups excluding carboxylic acids is 2. The van der Waals surface area contributed by atoms with E-state index in [0.717, 1.165) is 28.2 Å². The average Bonchev–Trinajstić information content (AvgIpc) is 2.98. The molecule has 0 saturated heterocycles. The van der Waals surface area contributed by atoms with Gasteiger partial charge in [-0.1, -0.05) is 43.0 Å². The van der Waals surface area contributed by atoms with E-state index in [-0.39, 0.29) is 6.61 Å². The normalized spacial score (nSPS) is 10.8. The number of hydrogen-bond acceptors (Lipinski definition) is 8. The highest BCUT2D eigenvalue weighted by molar-refractivity contribution is 5.89. The fraction of sp³-hybridized carbons (Fsp3) is 0.250. The molecule has 3 aromatic carbocycles. The maximum absolute atomic E-state index is 12.2. The summed E-state index contributed by atoms with van der Waals surface area (Å²) in [6.07, 6.45) is 3.08. The van der Waals surface area contributed by atoms with Crippen molar-refractivity contribution in [3.8, 4) is 28.4 Å². The number of rotatable bonds is 16. The van der Waals surface area contributed by atoms with Gasteiger partial charge in [-0.3, -0.25) is 0 Å². The van der Waals surface area contributed by atoms with Gasteiger partial charge in [-0.15, -0.1) is 0 Å². The number of esters is 2. The molecule has 0 spiro atoms. The van der Waals surface area contributed by atoms with E-state index in [4.69, 9.17) is 28.4 Å². The average molecular weight is 547 g/mol. The third kappa shape index (κ3) is 10.8. The van der Waals surface area contributed by atoms with Crippen LogP contribution in [0, 0.1) is 0 Å². The van der Waals surface area contributed by atoms with Gasteiger partial charge in [-0.2, -0.15) is 0 Å². The second-order valence-electron chi connectivity index (χ2n) is 8.57. The van der Waals surface area contributed by atoms with Gasteiger partial charge in [0, 0.05) is 11.6 Å². The summed E-state index contributed by atoms with van der Waals surface area (Å²) in [5.74, 6) is 1.07. The molecule has 0 radical (unpaired) electrons. The third-order valence-electron chi connectivity index (χ3n) is 5.47. The van der Waals surface area contributed by atoms with Gasteiger partial charge in [0.05, 0.1) is 33.5 Å². The van der Waals surface area contributed by atoms with Gasteiger partial charge in [-0.05, 0) is 66.1 Å². The Labute approximate surface area is 234 Å². The quantitative estimate of drug-likeness (QED) is 0.101. The fourth-order valence-electron chi connectivity index (χ4n) is 3.35. The van der Waals surface area contributed by atoms with Crippen molar-refractivity contribution >= 4 is 18.0 Å². The lowest BCUT2D eigenvalue weighted by molar-refractivity contribution is -0.140. The Morgan fingerprint density at radius 3 is 1.80 bits per heavy atom. The van der Waals surface area contributed by atoms with Gasteiger partial charge in [0.2, 0.25) is 0 Å².